The molecule has 19 heavy (non-hydrogen) atoms. The predicted octanol–water partition coefficient (Wildman–Crippen LogP) is 2.19. The van der Waals surface area contributed by atoms with Crippen LogP contribution in [0.5, 0.6) is 0 Å². The van der Waals surface area contributed by atoms with Crippen molar-refractivity contribution in [1.29, 1.82) is 0 Å². The highest BCUT2D eigenvalue weighted by Crippen LogP contribution is 2.29. The van der Waals surface area contributed by atoms with Crippen LogP contribution in [0.15, 0.2) is 18.2 Å². The number of carbonyl (C=O) groups excluding carboxylic acids is 1. The van der Waals surface area contributed by atoms with Crippen molar-refractivity contribution in [3.63, 3.8) is 0 Å². The molecule has 0 aromatic heterocycles. The number of rotatable bonds is 4. The van der Waals surface area contributed by atoms with E-state index in [0.29, 0.717) is 10.6 Å². The van der Waals surface area contributed by atoms with E-state index in [1.165, 1.54) is 0 Å². The van der Waals surface area contributed by atoms with Gasteiger partial charge in [-0.25, -0.2) is 0 Å². The van der Waals surface area contributed by atoms with Gasteiger partial charge in [0.15, 0.2) is 0 Å². The molecule has 0 saturated heterocycles. The number of anilines is 1. The number of amides is 1. The number of hydrogen-bond acceptors (Lipinski definition) is 3. The fourth-order valence-corrected chi connectivity index (χ4v) is 2.48. The van der Waals surface area contributed by atoms with E-state index in [4.69, 9.17) is 11.6 Å². The monoisotopic (exact) mass is 281 g/mol. The van der Waals surface area contributed by atoms with E-state index >= 15 is 0 Å². The van der Waals surface area contributed by atoms with Gasteiger partial charge in [-0.3, -0.25) is 4.79 Å². The number of likely N-dealkylation sites (N-methyl/N-ethyl adjacent to an activating group) is 1. The molecule has 5 heteroatoms. The van der Waals surface area contributed by atoms with Gasteiger partial charge in [0.2, 0.25) is 0 Å². The van der Waals surface area contributed by atoms with Crippen LogP contribution in [0.1, 0.15) is 23.7 Å². The minimum Gasteiger partial charge on any atom is -0.349 e. The fourth-order valence-electron chi connectivity index (χ4n) is 2.32. The Hall–Kier alpha value is -1.26. The molecular formula is C14H20ClN3O. The van der Waals surface area contributed by atoms with Crippen LogP contribution in [0.3, 0.4) is 0 Å². The third kappa shape index (κ3) is 3.01. The molecule has 2 rings (SSSR count). The van der Waals surface area contributed by atoms with Crippen molar-refractivity contribution in [2.75, 3.05) is 32.1 Å². The van der Waals surface area contributed by atoms with Gasteiger partial charge in [-0.2, -0.15) is 0 Å². The SMILES string of the molecule is CCC1NC(=O)c2ccc(Cl)cc2N1CCN(C)C. The van der Waals surface area contributed by atoms with Gasteiger partial charge >= 0.3 is 0 Å². The van der Waals surface area contributed by atoms with Crippen LogP contribution in [0, 0.1) is 0 Å². The lowest BCUT2D eigenvalue weighted by atomic mass is 10.1. The summed E-state index contributed by atoms with van der Waals surface area (Å²) < 4.78 is 0. The summed E-state index contributed by atoms with van der Waals surface area (Å²) in [5.41, 5.74) is 1.64. The van der Waals surface area contributed by atoms with Crippen LogP contribution in [0.4, 0.5) is 5.69 Å². The molecule has 1 N–H and O–H groups in total. The highest BCUT2D eigenvalue weighted by Gasteiger charge is 2.29. The lowest BCUT2D eigenvalue weighted by molar-refractivity contribution is 0.0925. The van der Waals surface area contributed by atoms with Gasteiger partial charge in [-0.1, -0.05) is 18.5 Å². The normalized spacial score (nSPS) is 18.5. The van der Waals surface area contributed by atoms with Crippen LogP contribution < -0.4 is 10.2 Å². The largest absolute Gasteiger partial charge is 0.349 e. The third-order valence-electron chi connectivity index (χ3n) is 3.36. The van der Waals surface area contributed by atoms with Crippen molar-refractivity contribution >= 4 is 23.2 Å². The van der Waals surface area contributed by atoms with Crippen molar-refractivity contribution in [1.82, 2.24) is 10.2 Å². The molecular weight excluding hydrogens is 262 g/mol. The lowest BCUT2D eigenvalue weighted by Crippen LogP contribution is -2.54. The van der Waals surface area contributed by atoms with Crippen LogP contribution in [0.2, 0.25) is 5.02 Å². The van der Waals surface area contributed by atoms with Crippen LogP contribution in [-0.4, -0.2) is 44.2 Å². The Morgan fingerprint density at radius 2 is 2.16 bits per heavy atom. The molecule has 1 heterocycles. The molecule has 0 saturated carbocycles. The van der Waals surface area contributed by atoms with Gasteiger partial charge in [0.05, 0.1) is 11.3 Å². The van der Waals surface area contributed by atoms with Gasteiger partial charge in [0, 0.05) is 18.1 Å². The van der Waals surface area contributed by atoms with Crippen LogP contribution >= 0.6 is 11.6 Å². The van der Waals surface area contributed by atoms with E-state index in [-0.39, 0.29) is 12.1 Å². The predicted molar refractivity (Wildman–Crippen MR) is 78.9 cm³/mol. The molecule has 0 fully saturated rings. The number of fused-ring (bicyclic) bond motifs is 1. The summed E-state index contributed by atoms with van der Waals surface area (Å²) in [4.78, 5) is 16.4. The first-order valence-electron chi connectivity index (χ1n) is 6.54. The molecule has 1 amide bonds. The maximum Gasteiger partial charge on any atom is 0.254 e. The molecule has 0 spiro atoms. The number of halogens is 1. The second-order valence-corrected chi connectivity index (χ2v) is 5.49. The zero-order valence-corrected chi connectivity index (χ0v) is 12.4. The molecule has 0 bridgehead atoms. The minimum absolute atomic E-state index is 0.0142. The average molecular weight is 282 g/mol. The van der Waals surface area contributed by atoms with Crippen molar-refractivity contribution in [3.05, 3.63) is 28.8 Å². The number of hydrogen-bond donors (Lipinski definition) is 1. The van der Waals surface area contributed by atoms with E-state index in [0.717, 1.165) is 25.2 Å². The molecule has 4 nitrogen and oxygen atoms in total. The third-order valence-corrected chi connectivity index (χ3v) is 3.60. The van der Waals surface area contributed by atoms with E-state index in [1.807, 2.05) is 20.2 Å². The molecule has 1 aliphatic rings. The summed E-state index contributed by atoms with van der Waals surface area (Å²) in [6.45, 7) is 3.86. The van der Waals surface area contributed by atoms with E-state index in [9.17, 15) is 4.79 Å². The minimum atomic E-state index is -0.0142. The van der Waals surface area contributed by atoms with E-state index < -0.39 is 0 Å². The maximum atomic E-state index is 12.1. The first-order chi connectivity index (χ1) is 9.02. The topological polar surface area (TPSA) is 35.6 Å². The second-order valence-electron chi connectivity index (χ2n) is 5.06. The molecule has 1 unspecified atom stereocenters. The summed E-state index contributed by atoms with van der Waals surface area (Å²) in [5.74, 6) is -0.0142. The van der Waals surface area contributed by atoms with Gasteiger partial charge in [-0.15, -0.1) is 0 Å². The summed E-state index contributed by atoms with van der Waals surface area (Å²) in [7, 11) is 4.09. The van der Waals surface area contributed by atoms with Crippen molar-refractivity contribution in [3.8, 4) is 0 Å². The van der Waals surface area contributed by atoms with Crippen LogP contribution in [-0.2, 0) is 0 Å². The Morgan fingerprint density at radius 3 is 2.79 bits per heavy atom. The average Bonchev–Trinajstić information content (AvgIpc) is 2.36. The smallest absolute Gasteiger partial charge is 0.254 e. The Balaban J connectivity index is 2.35. The highest BCUT2D eigenvalue weighted by atomic mass is 35.5. The molecule has 1 aromatic rings. The first-order valence-corrected chi connectivity index (χ1v) is 6.92. The van der Waals surface area contributed by atoms with Gasteiger partial charge in [0.25, 0.3) is 5.91 Å². The standard InChI is InChI=1S/C14H20ClN3O/c1-4-13-16-14(19)11-6-5-10(15)9-12(11)18(13)8-7-17(2)3/h5-6,9,13H,4,7-8H2,1-3H3,(H,16,19). The summed E-state index contributed by atoms with van der Waals surface area (Å²) in [6, 6.07) is 5.44. The zero-order chi connectivity index (χ0) is 14.0. The Morgan fingerprint density at radius 1 is 1.42 bits per heavy atom. The number of nitrogens with one attached hydrogen (secondary N) is 1. The van der Waals surface area contributed by atoms with Crippen molar-refractivity contribution in [2.45, 2.75) is 19.5 Å². The van der Waals surface area contributed by atoms with Gasteiger partial charge in [0.1, 0.15) is 6.17 Å². The van der Waals surface area contributed by atoms with E-state index in [1.54, 1.807) is 12.1 Å². The van der Waals surface area contributed by atoms with Gasteiger partial charge in [-0.05, 0) is 38.7 Å². The van der Waals surface area contributed by atoms with E-state index in [2.05, 4.69) is 22.0 Å². The zero-order valence-electron chi connectivity index (χ0n) is 11.6. The first kappa shape index (κ1) is 14.2. The molecule has 1 aromatic carbocycles. The fraction of sp³-hybridized carbons (Fsp3) is 0.500. The molecule has 0 radical (unpaired) electrons. The summed E-state index contributed by atoms with van der Waals surface area (Å²) in [6.07, 6.45) is 0.906. The van der Waals surface area contributed by atoms with Gasteiger partial charge < -0.3 is 15.1 Å². The Kier molecular flexibility index (Phi) is 4.32. The summed E-state index contributed by atoms with van der Waals surface area (Å²) in [5, 5.41) is 3.71. The molecule has 0 aliphatic carbocycles. The lowest BCUT2D eigenvalue weighted by Gasteiger charge is -2.39. The number of carbonyl (C=O) groups is 1. The maximum absolute atomic E-state index is 12.1. The summed E-state index contributed by atoms with van der Waals surface area (Å²) >= 11 is 6.07. The molecule has 104 valence electrons. The number of benzene rings is 1. The Bertz CT molecular complexity index is 476. The molecule has 1 aliphatic heterocycles. The quantitative estimate of drug-likeness (QED) is 0.919. The van der Waals surface area contributed by atoms with Crippen LogP contribution in [0.25, 0.3) is 0 Å². The highest BCUT2D eigenvalue weighted by molar-refractivity contribution is 6.31. The Labute approximate surface area is 119 Å². The number of nitrogens with zero attached hydrogens (tertiary/aromatic N) is 2. The molecule has 1 atom stereocenters. The van der Waals surface area contributed by atoms with Crippen molar-refractivity contribution in [2.24, 2.45) is 0 Å². The second kappa shape index (κ2) is 5.80. The van der Waals surface area contributed by atoms with Crippen molar-refractivity contribution < 1.29 is 4.79 Å².